The van der Waals surface area contributed by atoms with Gasteiger partial charge >= 0.3 is 0 Å². The number of nitrogens with two attached hydrogens (primary N) is 1. The number of hydrogen-bond acceptors (Lipinski definition) is 2. The van der Waals surface area contributed by atoms with Crippen molar-refractivity contribution in [1.29, 1.82) is 0 Å². The summed E-state index contributed by atoms with van der Waals surface area (Å²) in [5, 5.41) is 2.29. The van der Waals surface area contributed by atoms with Gasteiger partial charge in [-0.1, -0.05) is 48.5 Å². The second-order valence-electron chi connectivity index (χ2n) is 5.18. The molecule has 0 unspecified atom stereocenters. The minimum absolute atomic E-state index is 0.211. The lowest BCUT2D eigenvalue weighted by Gasteiger charge is -2.14. The summed E-state index contributed by atoms with van der Waals surface area (Å²) in [5.74, 6) is 0.524. The van der Waals surface area contributed by atoms with Crippen LogP contribution in [0.2, 0.25) is 0 Å². The standard InChI is InChI=1S/C19H18FNO/c20-18-8-4-2-6-15(18)13-22-19-10-9-14-5-1-3-7-16(14)17(19)11-12-21/h1-10H,11-13,21H2. The third-order valence-electron chi connectivity index (χ3n) is 3.73. The van der Waals surface area contributed by atoms with Gasteiger partial charge in [-0.05, 0) is 35.9 Å². The smallest absolute Gasteiger partial charge is 0.129 e. The van der Waals surface area contributed by atoms with Crippen LogP contribution in [0.4, 0.5) is 4.39 Å². The SMILES string of the molecule is NCCc1c(OCc2ccccc2F)ccc2ccccc12. The van der Waals surface area contributed by atoms with E-state index in [1.807, 2.05) is 30.3 Å². The predicted molar refractivity (Wildman–Crippen MR) is 87.4 cm³/mol. The number of rotatable bonds is 5. The molecule has 2 nitrogen and oxygen atoms in total. The van der Waals surface area contributed by atoms with Crippen molar-refractivity contribution in [2.75, 3.05) is 6.54 Å². The van der Waals surface area contributed by atoms with Gasteiger partial charge in [-0.15, -0.1) is 0 Å². The van der Waals surface area contributed by atoms with E-state index >= 15 is 0 Å². The molecule has 0 aromatic heterocycles. The Morgan fingerprint density at radius 2 is 1.68 bits per heavy atom. The fraction of sp³-hybridized carbons (Fsp3) is 0.158. The maximum absolute atomic E-state index is 13.7. The molecule has 0 bridgehead atoms. The normalized spacial score (nSPS) is 10.8. The van der Waals surface area contributed by atoms with E-state index in [2.05, 4.69) is 12.1 Å². The van der Waals surface area contributed by atoms with Gasteiger partial charge in [0, 0.05) is 11.1 Å². The fourth-order valence-electron chi connectivity index (χ4n) is 2.62. The third-order valence-corrected chi connectivity index (χ3v) is 3.73. The van der Waals surface area contributed by atoms with E-state index in [-0.39, 0.29) is 12.4 Å². The second kappa shape index (κ2) is 6.58. The summed E-state index contributed by atoms with van der Waals surface area (Å²) in [6.45, 7) is 0.757. The van der Waals surface area contributed by atoms with Gasteiger partial charge in [-0.25, -0.2) is 4.39 Å². The van der Waals surface area contributed by atoms with Gasteiger partial charge in [0.15, 0.2) is 0 Å². The first-order chi connectivity index (χ1) is 10.8. The van der Waals surface area contributed by atoms with Crippen molar-refractivity contribution in [2.45, 2.75) is 13.0 Å². The number of fused-ring (bicyclic) bond motifs is 1. The zero-order valence-corrected chi connectivity index (χ0v) is 12.3. The molecule has 3 aromatic carbocycles. The molecule has 0 amide bonds. The zero-order valence-electron chi connectivity index (χ0n) is 12.3. The predicted octanol–water partition coefficient (Wildman–Crippen LogP) is 4.06. The minimum Gasteiger partial charge on any atom is -0.488 e. The number of ether oxygens (including phenoxy) is 1. The molecule has 0 aliphatic rings. The topological polar surface area (TPSA) is 35.2 Å². The molecule has 3 rings (SSSR count). The number of hydrogen-bond donors (Lipinski definition) is 1. The monoisotopic (exact) mass is 295 g/mol. The van der Waals surface area contributed by atoms with Gasteiger partial charge in [-0.3, -0.25) is 0 Å². The van der Waals surface area contributed by atoms with Crippen LogP contribution >= 0.6 is 0 Å². The van der Waals surface area contributed by atoms with Crippen LogP contribution in [0.25, 0.3) is 10.8 Å². The molecule has 0 aliphatic heterocycles. The molecule has 3 aromatic rings. The molecule has 0 radical (unpaired) electrons. The van der Waals surface area contributed by atoms with Crippen molar-refractivity contribution in [1.82, 2.24) is 0 Å². The Morgan fingerprint density at radius 1 is 0.909 bits per heavy atom. The molecule has 2 N–H and O–H groups in total. The quantitative estimate of drug-likeness (QED) is 0.770. The minimum atomic E-state index is -0.247. The van der Waals surface area contributed by atoms with Crippen molar-refractivity contribution in [2.24, 2.45) is 5.73 Å². The Labute approximate surface area is 129 Å². The van der Waals surface area contributed by atoms with Crippen molar-refractivity contribution in [3.63, 3.8) is 0 Å². The van der Waals surface area contributed by atoms with Crippen LogP contribution < -0.4 is 10.5 Å². The van der Waals surface area contributed by atoms with E-state index < -0.39 is 0 Å². The first kappa shape index (κ1) is 14.5. The summed E-state index contributed by atoms with van der Waals surface area (Å²) in [7, 11) is 0. The van der Waals surface area contributed by atoms with E-state index in [1.165, 1.54) is 6.07 Å². The van der Waals surface area contributed by atoms with Gasteiger partial charge in [0.25, 0.3) is 0 Å². The van der Waals surface area contributed by atoms with Crippen molar-refractivity contribution < 1.29 is 9.13 Å². The Balaban J connectivity index is 1.93. The highest BCUT2D eigenvalue weighted by atomic mass is 19.1. The van der Waals surface area contributed by atoms with E-state index in [0.29, 0.717) is 12.1 Å². The van der Waals surface area contributed by atoms with Crippen LogP contribution in [0.3, 0.4) is 0 Å². The molecule has 0 heterocycles. The molecule has 0 spiro atoms. The Morgan fingerprint density at radius 3 is 2.50 bits per heavy atom. The average molecular weight is 295 g/mol. The average Bonchev–Trinajstić information content (AvgIpc) is 2.55. The molecular formula is C19H18FNO. The molecular weight excluding hydrogens is 277 g/mol. The van der Waals surface area contributed by atoms with E-state index in [4.69, 9.17) is 10.5 Å². The van der Waals surface area contributed by atoms with Gasteiger partial charge in [0.1, 0.15) is 18.2 Å². The van der Waals surface area contributed by atoms with Gasteiger partial charge in [0.2, 0.25) is 0 Å². The first-order valence-corrected chi connectivity index (χ1v) is 7.36. The summed E-state index contributed by atoms with van der Waals surface area (Å²) in [6, 6.07) is 18.8. The van der Waals surface area contributed by atoms with Crippen LogP contribution in [-0.4, -0.2) is 6.54 Å². The summed E-state index contributed by atoms with van der Waals surface area (Å²) < 4.78 is 19.6. The van der Waals surface area contributed by atoms with Crippen molar-refractivity contribution in [3.05, 3.63) is 77.6 Å². The summed E-state index contributed by atoms with van der Waals surface area (Å²) in [6.07, 6.45) is 0.730. The third kappa shape index (κ3) is 2.95. The van der Waals surface area contributed by atoms with Gasteiger partial charge in [0.05, 0.1) is 0 Å². The summed E-state index contributed by atoms with van der Waals surface area (Å²) >= 11 is 0. The lowest BCUT2D eigenvalue weighted by molar-refractivity contribution is 0.297. The largest absolute Gasteiger partial charge is 0.488 e. The van der Waals surface area contributed by atoms with Crippen LogP contribution in [0.1, 0.15) is 11.1 Å². The summed E-state index contributed by atoms with van der Waals surface area (Å²) in [5.41, 5.74) is 7.37. The highest BCUT2D eigenvalue weighted by molar-refractivity contribution is 5.87. The maximum Gasteiger partial charge on any atom is 0.129 e. The van der Waals surface area contributed by atoms with E-state index in [9.17, 15) is 4.39 Å². The van der Waals surface area contributed by atoms with Gasteiger partial charge in [-0.2, -0.15) is 0 Å². The lowest BCUT2D eigenvalue weighted by atomic mass is 10.0. The highest BCUT2D eigenvalue weighted by Crippen LogP contribution is 2.29. The molecule has 0 atom stereocenters. The molecule has 3 heteroatoms. The van der Waals surface area contributed by atoms with Crippen LogP contribution in [0.15, 0.2) is 60.7 Å². The Hall–Kier alpha value is -2.39. The highest BCUT2D eigenvalue weighted by Gasteiger charge is 2.09. The number of benzene rings is 3. The van der Waals surface area contributed by atoms with Crippen molar-refractivity contribution >= 4 is 10.8 Å². The lowest BCUT2D eigenvalue weighted by Crippen LogP contribution is -2.06. The molecule has 0 saturated carbocycles. The number of halogens is 1. The van der Waals surface area contributed by atoms with Crippen molar-refractivity contribution in [3.8, 4) is 5.75 Å². The maximum atomic E-state index is 13.7. The molecule has 0 saturated heterocycles. The molecule has 0 aliphatic carbocycles. The molecule has 0 fully saturated rings. The summed E-state index contributed by atoms with van der Waals surface area (Å²) in [4.78, 5) is 0. The van der Waals surface area contributed by atoms with Crippen LogP contribution in [-0.2, 0) is 13.0 Å². The molecule has 22 heavy (non-hydrogen) atoms. The van der Waals surface area contributed by atoms with Gasteiger partial charge < -0.3 is 10.5 Å². The van der Waals surface area contributed by atoms with E-state index in [1.54, 1.807) is 12.1 Å². The fourth-order valence-corrected chi connectivity index (χ4v) is 2.62. The van der Waals surface area contributed by atoms with Crippen LogP contribution in [0.5, 0.6) is 5.75 Å². The van der Waals surface area contributed by atoms with Crippen LogP contribution in [0, 0.1) is 5.82 Å². The Bertz CT molecular complexity index is 785. The Kier molecular flexibility index (Phi) is 4.35. The second-order valence-corrected chi connectivity index (χ2v) is 5.18. The first-order valence-electron chi connectivity index (χ1n) is 7.36. The molecule has 112 valence electrons. The zero-order chi connectivity index (χ0) is 15.4. The van der Waals surface area contributed by atoms with E-state index in [0.717, 1.165) is 28.5 Å².